The van der Waals surface area contributed by atoms with Gasteiger partial charge in [0.25, 0.3) is 0 Å². The average Bonchev–Trinajstić information content (AvgIpc) is 3.37. The number of hydrogen-bond donors (Lipinski definition) is 0. The standard InChI is InChI=1S/C65H112O6/c1-4-7-10-13-16-19-22-25-28-30-31-32-33-35-37-40-43-46-49-52-55-58-64(67)70-61-62(60-69-63(66)57-54-51-48-45-42-39-36-27-24-21-18-15-12-9-6-3)71-65(68)59-56-53-50-47-44-41-38-34-29-26-23-20-17-14-11-8-5-2/h8,11,17-18,20-21,25-29,36,38,41,62H,4-7,9-10,12-16,19,22-24,30-35,37,39-40,42-61H2,1-3H3/b11-8-,20-17-,21-18-,28-25-,29-26-,36-27-,41-38-/t62-/m1/s1. The summed E-state index contributed by atoms with van der Waals surface area (Å²) in [5.41, 5.74) is 0. The number of ether oxygens (including phenoxy) is 3. The molecule has 6 nitrogen and oxygen atoms in total. The fourth-order valence-corrected chi connectivity index (χ4v) is 8.34. The summed E-state index contributed by atoms with van der Waals surface area (Å²) >= 11 is 0. The van der Waals surface area contributed by atoms with Crippen molar-refractivity contribution in [1.29, 1.82) is 0 Å². The third kappa shape index (κ3) is 57.4. The van der Waals surface area contributed by atoms with Gasteiger partial charge >= 0.3 is 17.9 Å². The Morgan fingerprint density at radius 2 is 0.549 bits per heavy atom. The molecule has 0 aromatic carbocycles. The van der Waals surface area contributed by atoms with E-state index in [1.54, 1.807) is 0 Å². The molecule has 408 valence electrons. The zero-order valence-corrected chi connectivity index (χ0v) is 46.7. The Hall–Kier alpha value is -3.41. The second-order valence-corrected chi connectivity index (χ2v) is 19.9. The minimum absolute atomic E-state index is 0.0909. The fourth-order valence-electron chi connectivity index (χ4n) is 8.34. The van der Waals surface area contributed by atoms with E-state index in [1.165, 1.54) is 128 Å². The Morgan fingerprint density at radius 3 is 0.901 bits per heavy atom. The van der Waals surface area contributed by atoms with Crippen LogP contribution in [-0.2, 0) is 28.6 Å². The van der Waals surface area contributed by atoms with Gasteiger partial charge in [-0.15, -0.1) is 0 Å². The Labute approximate surface area is 439 Å². The van der Waals surface area contributed by atoms with E-state index >= 15 is 0 Å². The summed E-state index contributed by atoms with van der Waals surface area (Å²) in [6, 6.07) is 0. The highest BCUT2D eigenvalue weighted by Crippen LogP contribution is 2.15. The maximum Gasteiger partial charge on any atom is 0.306 e. The Balaban J connectivity index is 4.40. The zero-order chi connectivity index (χ0) is 51.4. The van der Waals surface area contributed by atoms with Gasteiger partial charge < -0.3 is 14.2 Å². The van der Waals surface area contributed by atoms with Crippen molar-refractivity contribution in [2.45, 2.75) is 297 Å². The molecule has 0 rings (SSSR count). The molecule has 0 saturated carbocycles. The first kappa shape index (κ1) is 67.6. The van der Waals surface area contributed by atoms with Gasteiger partial charge in [0.2, 0.25) is 0 Å². The fraction of sp³-hybridized carbons (Fsp3) is 0.738. The van der Waals surface area contributed by atoms with Crippen LogP contribution in [0.5, 0.6) is 0 Å². The van der Waals surface area contributed by atoms with Gasteiger partial charge in [0.05, 0.1) is 0 Å². The number of unbranched alkanes of at least 4 members (excludes halogenated alkanes) is 29. The first-order valence-electron chi connectivity index (χ1n) is 30.1. The van der Waals surface area contributed by atoms with Gasteiger partial charge in [0.1, 0.15) is 13.2 Å². The molecule has 0 bridgehead atoms. The maximum absolute atomic E-state index is 12.9. The summed E-state index contributed by atoms with van der Waals surface area (Å²) in [7, 11) is 0. The van der Waals surface area contributed by atoms with Crippen molar-refractivity contribution in [3.05, 3.63) is 85.1 Å². The Bertz CT molecular complexity index is 1370. The molecular weight excluding hydrogens is 877 g/mol. The van der Waals surface area contributed by atoms with Gasteiger partial charge in [0, 0.05) is 19.3 Å². The van der Waals surface area contributed by atoms with Crippen LogP contribution in [0.3, 0.4) is 0 Å². The maximum atomic E-state index is 12.9. The third-order valence-electron chi connectivity index (χ3n) is 12.9. The molecule has 0 amide bonds. The zero-order valence-electron chi connectivity index (χ0n) is 46.7. The molecule has 0 heterocycles. The van der Waals surface area contributed by atoms with Crippen molar-refractivity contribution in [2.24, 2.45) is 0 Å². The van der Waals surface area contributed by atoms with Gasteiger partial charge in [-0.05, 0) is 116 Å². The second-order valence-electron chi connectivity index (χ2n) is 19.9. The molecule has 0 unspecified atom stereocenters. The van der Waals surface area contributed by atoms with Gasteiger partial charge in [-0.3, -0.25) is 14.4 Å². The van der Waals surface area contributed by atoms with Gasteiger partial charge in [-0.2, -0.15) is 0 Å². The first-order valence-corrected chi connectivity index (χ1v) is 30.1. The van der Waals surface area contributed by atoms with Crippen LogP contribution in [-0.4, -0.2) is 37.2 Å². The largest absolute Gasteiger partial charge is 0.462 e. The normalized spacial score (nSPS) is 12.7. The molecule has 0 radical (unpaired) electrons. The molecule has 0 aromatic rings. The molecule has 71 heavy (non-hydrogen) atoms. The average molecular weight is 990 g/mol. The van der Waals surface area contributed by atoms with Crippen LogP contribution in [0.2, 0.25) is 0 Å². The molecule has 0 spiro atoms. The number of rotatable bonds is 54. The highest BCUT2D eigenvalue weighted by atomic mass is 16.6. The van der Waals surface area contributed by atoms with Crippen molar-refractivity contribution in [3.63, 3.8) is 0 Å². The summed E-state index contributed by atoms with van der Waals surface area (Å²) in [4.78, 5) is 38.2. The van der Waals surface area contributed by atoms with Crippen molar-refractivity contribution < 1.29 is 28.6 Å². The van der Waals surface area contributed by atoms with Crippen molar-refractivity contribution >= 4 is 17.9 Å². The first-order chi connectivity index (χ1) is 35.0. The smallest absolute Gasteiger partial charge is 0.306 e. The lowest BCUT2D eigenvalue weighted by atomic mass is 10.0. The minimum atomic E-state index is -0.797. The van der Waals surface area contributed by atoms with Gasteiger partial charge in [-0.25, -0.2) is 0 Å². The number of hydrogen-bond acceptors (Lipinski definition) is 6. The highest BCUT2D eigenvalue weighted by molar-refractivity contribution is 5.71. The van der Waals surface area contributed by atoms with E-state index < -0.39 is 6.10 Å². The number of carbonyl (C=O) groups excluding carboxylic acids is 3. The van der Waals surface area contributed by atoms with E-state index in [-0.39, 0.29) is 31.1 Å². The van der Waals surface area contributed by atoms with Gasteiger partial charge in [0.15, 0.2) is 6.10 Å². The number of esters is 3. The van der Waals surface area contributed by atoms with Crippen LogP contribution in [0.25, 0.3) is 0 Å². The lowest BCUT2D eigenvalue weighted by molar-refractivity contribution is -0.167. The van der Waals surface area contributed by atoms with Crippen LogP contribution >= 0.6 is 0 Å². The summed E-state index contributed by atoms with van der Waals surface area (Å²) in [6.45, 7) is 6.48. The Kier molecular flexibility index (Phi) is 56.3. The summed E-state index contributed by atoms with van der Waals surface area (Å²) in [6.07, 6.45) is 77.2. The molecular formula is C65H112O6. The lowest BCUT2D eigenvalue weighted by Crippen LogP contribution is -2.30. The van der Waals surface area contributed by atoms with Crippen LogP contribution in [0, 0.1) is 0 Å². The topological polar surface area (TPSA) is 78.9 Å². The second kappa shape index (κ2) is 59.2. The lowest BCUT2D eigenvalue weighted by Gasteiger charge is -2.18. The van der Waals surface area contributed by atoms with Crippen molar-refractivity contribution in [3.8, 4) is 0 Å². The van der Waals surface area contributed by atoms with Crippen molar-refractivity contribution in [1.82, 2.24) is 0 Å². The van der Waals surface area contributed by atoms with Crippen molar-refractivity contribution in [2.75, 3.05) is 13.2 Å². The summed E-state index contributed by atoms with van der Waals surface area (Å²) in [5.74, 6) is -0.922. The monoisotopic (exact) mass is 989 g/mol. The molecule has 0 fully saturated rings. The van der Waals surface area contributed by atoms with Gasteiger partial charge in [-0.1, -0.05) is 241 Å². The number of allylic oxidation sites excluding steroid dienone is 14. The van der Waals surface area contributed by atoms with E-state index in [4.69, 9.17) is 14.2 Å². The Morgan fingerprint density at radius 1 is 0.296 bits per heavy atom. The van der Waals surface area contributed by atoms with Crippen LogP contribution in [0.4, 0.5) is 0 Å². The van der Waals surface area contributed by atoms with Crippen LogP contribution in [0.1, 0.15) is 290 Å². The highest BCUT2D eigenvalue weighted by Gasteiger charge is 2.19. The molecule has 6 heteroatoms. The molecule has 0 N–H and O–H groups in total. The van der Waals surface area contributed by atoms with E-state index in [1.807, 2.05) is 0 Å². The SMILES string of the molecule is CC/C=C\C/C=C\C/C=C\C/C=C\CCCCCCC(=O)O[C@H](COC(=O)CCCCCCC/C=C\C/C=C\CCCCC)COC(=O)CCCCCCCCCCCCC/C=C\CCCCCCCC. The predicted molar refractivity (Wildman–Crippen MR) is 307 cm³/mol. The van der Waals surface area contributed by atoms with E-state index in [9.17, 15) is 14.4 Å². The number of carbonyl (C=O) groups is 3. The molecule has 0 saturated heterocycles. The molecule has 1 atom stereocenters. The van der Waals surface area contributed by atoms with Crippen LogP contribution < -0.4 is 0 Å². The molecule has 0 aliphatic rings. The van der Waals surface area contributed by atoms with E-state index in [0.29, 0.717) is 19.3 Å². The summed E-state index contributed by atoms with van der Waals surface area (Å²) < 4.78 is 16.9. The van der Waals surface area contributed by atoms with E-state index in [2.05, 4.69) is 106 Å². The molecule has 0 aromatic heterocycles. The van der Waals surface area contributed by atoms with E-state index in [0.717, 1.165) is 122 Å². The third-order valence-corrected chi connectivity index (χ3v) is 12.9. The quantitative estimate of drug-likeness (QED) is 0.0261. The summed E-state index contributed by atoms with van der Waals surface area (Å²) in [5, 5.41) is 0. The molecule has 0 aliphatic carbocycles. The van der Waals surface area contributed by atoms with Crippen LogP contribution in [0.15, 0.2) is 85.1 Å². The minimum Gasteiger partial charge on any atom is -0.462 e. The molecule has 0 aliphatic heterocycles. The predicted octanol–water partition coefficient (Wildman–Crippen LogP) is 20.3.